The highest BCUT2D eigenvalue weighted by atomic mass is 35.5. The Labute approximate surface area is 104 Å². The normalized spacial score (nSPS) is 11.4. The molecule has 90 valence electrons. The molecule has 4 nitrogen and oxygen atoms in total. The van der Waals surface area contributed by atoms with Crippen molar-refractivity contribution in [2.24, 2.45) is 0 Å². The average Bonchev–Trinajstić information content (AvgIpc) is 2.31. The van der Waals surface area contributed by atoms with E-state index in [1.807, 2.05) is 30.3 Å². The number of halogens is 1. The van der Waals surface area contributed by atoms with Crippen molar-refractivity contribution in [3.05, 3.63) is 41.5 Å². The first-order valence-corrected chi connectivity index (χ1v) is 5.54. The quantitative estimate of drug-likeness (QED) is 0.622. The molecular weight excluding hydrogens is 242 g/mol. The molecule has 0 radical (unpaired) electrons. The number of amides is 1. The molecule has 2 N–H and O–H groups in total. The lowest BCUT2D eigenvalue weighted by Gasteiger charge is -2.16. The Morgan fingerprint density at radius 2 is 2.06 bits per heavy atom. The summed E-state index contributed by atoms with van der Waals surface area (Å²) in [4.78, 5) is 21.3. The van der Waals surface area contributed by atoms with E-state index < -0.39 is 12.1 Å². The van der Waals surface area contributed by atoms with Gasteiger partial charge in [-0.2, -0.15) is 0 Å². The van der Waals surface area contributed by atoms with E-state index in [1.165, 1.54) is 0 Å². The molecule has 1 aromatic rings. The van der Waals surface area contributed by atoms with Gasteiger partial charge in [-0.3, -0.25) is 0 Å². The summed E-state index contributed by atoms with van der Waals surface area (Å²) in [6.07, 6.45) is -0.812. The van der Waals surface area contributed by atoms with Crippen LogP contribution in [0.4, 0.5) is 4.79 Å². The molecule has 1 unspecified atom stereocenters. The number of rotatable bonds is 5. The number of hydrogen-bond donors (Lipinski definition) is 2. The van der Waals surface area contributed by atoms with Crippen LogP contribution < -0.4 is 5.32 Å². The molecule has 0 aromatic heterocycles. The van der Waals surface area contributed by atoms with E-state index in [-0.39, 0.29) is 11.5 Å². The lowest BCUT2D eigenvalue weighted by molar-refractivity contribution is 0.191. The number of hydrogen-bond acceptors (Lipinski definition) is 2. The summed E-state index contributed by atoms with van der Waals surface area (Å²) in [5.41, 5.74) is 1.13. The zero-order chi connectivity index (χ0) is 12.7. The highest BCUT2D eigenvalue weighted by Gasteiger charge is 2.17. The number of benzene rings is 1. The minimum atomic E-state index is -1.19. The van der Waals surface area contributed by atoms with Gasteiger partial charge in [-0.25, -0.2) is 9.59 Å². The van der Waals surface area contributed by atoms with Crippen LogP contribution in [0.25, 0.3) is 0 Å². The standard InChI is InChI=1S/C12H12ClNO3/c13-7-10(8-15)11(14-12(16)17)6-9-4-2-1-3-5-9/h1-5,11,14H,6-7H2,(H,16,17). The Morgan fingerprint density at radius 3 is 2.53 bits per heavy atom. The van der Waals surface area contributed by atoms with Crippen LogP contribution in [0.3, 0.4) is 0 Å². The van der Waals surface area contributed by atoms with Crippen LogP contribution in [-0.2, 0) is 11.2 Å². The van der Waals surface area contributed by atoms with Crippen LogP contribution in [0.5, 0.6) is 0 Å². The molecule has 1 atom stereocenters. The molecule has 0 aliphatic heterocycles. The van der Waals surface area contributed by atoms with Crippen LogP contribution in [0.2, 0.25) is 0 Å². The van der Waals surface area contributed by atoms with Gasteiger partial charge in [0, 0.05) is 0 Å². The van der Waals surface area contributed by atoms with E-state index in [4.69, 9.17) is 16.7 Å². The van der Waals surface area contributed by atoms with E-state index in [1.54, 1.807) is 5.94 Å². The summed E-state index contributed by atoms with van der Waals surface area (Å²) in [5.74, 6) is 1.65. The minimum absolute atomic E-state index is 0.0404. The topological polar surface area (TPSA) is 66.4 Å². The second-order valence-electron chi connectivity index (χ2n) is 3.45. The second kappa shape index (κ2) is 6.74. The summed E-state index contributed by atoms with van der Waals surface area (Å²) >= 11 is 5.58. The van der Waals surface area contributed by atoms with Gasteiger partial charge in [-0.1, -0.05) is 30.3 Å². The van der Waals surface area contributed by atoms with Gasteiger partial charge in [-0.15, -0.1) is 11.6 Å². The van der Waals surface area contributed by atoms with Crippen molar-refractivity contribution < 1.29 is 14.7 Å². The third kappa shape index (κ3) is 4.31. The van der Waals surface area contributed by atoms with Crippen LogP contribution in [-0.4, -0.2) is 29.1 Å². The summed E-state index contributed by atoms with van der Waals surface area (Å²) < 4.78 is 0. The molecular formula is C12H12ClNO3. The SMILES string of the molecule is O=C=C(CCl)C(Cc1ccccc1)NC(=O)O. The van der Waals surface area contributed by atoms with Gasteiger partial charge in [0.15, 0.2) is 0 Å². The summed E-state index contributed by atoms with van der Waals surface area (Å²) in [6.45, 7) is 0. The first-order valence-electron chi connectivity index (χ1n) is 5.00. The monoisotopic (exact) mass is 253 g/mol. The van der Waals surface area contributed by atoms with Crippen molar-refractivity contribution >= 4 is 23.6 Å². The molecule has 0 saturated heterocycles. The van der Waals surface area contributed by atoms with Gasteiger partial charge in [-0.05, 0) is 12.0 Å². The van der Waals surface area contributed by atoms with Crippen molar-refractivity contribution in [2.45, 2.75) is 12.5 Å². The molecule has 0 fully saturated rings. The lowest BCUT2D eigenvalue weighted by Crippen LogP contribution is -2.37. The molecule has 5 heteroatoms. The molecule has 17 heavy (non-hydrogen) atoms. The molecule has 0 bridgehead atoms. The van der Waals surface area contributed by atoms with E-state index in [2.05, 4.69) is 5.32 Å². The fourth-order valence-corrected chi connectivity index (χ4v) is 1.69. The molecule has 0 heterocycles. The Morgan fingerprint density at radius 1 is 1.41 bits per heavy atom. The number of carbonyl (C=O) groups is 1. The third-order valence-electron chi connectivity index (χ3n) is 2.28. The Bertz CT molecular complexity index is 427. The number of nitrogens with one attached hydrogen (secondary N) is 1. The minimum Gasteiger partial charge on any atom is -0.465 e. The van der Waals surface area contributed by atoms with Gasteiger partial charge in [0.1, 0.15) is 5.94 Å². The van der Waals surface area contributed by atoms with Crippen molar-refractivity contribution in [1.82, 2.24) is 5.32 Å². The van der Waals surface area contributed by atoms with Crippen LogP contribution in [0, 0.1) is 0 Å². The average molecular weight is 254 g/mol. The van der Waals surface area contributed by atoms with E-state index in [0.717, 1.165) is 5.56 Å². The van der Waals surface area contributed by atoms with Crippen LogP contribution in [0.1, 0.15) is 5.56 Å². The van der Waals surface area contributed by atoms with Gasteiger partial charge < -0.3 is 10.4 Å². The van der Waals surface area contributed by atoms with Gasteiger partial charge >= 0.3 is 6.09 Å². The highest BCUT2D eigenvalue weighted by Crippen LogP contribution is 2.09. The predicted octanol–water partition coefficient (Wildman–Crippen LogP) is 1.86. The van der Waals surface area contributed by atoms with Gasteiger partial charge in [0.2, 0.25) is 0 Å². The Kier molecular flexibility index (Phi) is 5.27. The fraction of sp³-hybridized carbons (Fsp3) is 0.250. The summed E-state index contributed by atoms with van der Waals surface area (Å²) in [6, 6.07) is 8.63. The largest absolute Gasteiger partial charge is 0.465 e. The fourth-order valence-electron chi connectivity index (χ4n) is 1.45. The van der Waals surface area contributed by atoms with Crippen LogP contribution >= 0.6 is 11.6 Å². The van der Waals surface area contributed by atoms with E-state index in [9.17, 15) is 9.59 Å². The van der Waals surface area contributed by atoms with Crippen LogP contribution in [0.15, 0.2) is 35.9 Å². The smallest absolute Gasteiger partial charge is 0.405 e. The van der Waals surface area contributed by atoms with Crippen molar-refractivity contribution in [3.8, 4) is 0 Å². The molecule has 1 rings (SSSR count). The van der Waals surface area contributed by atoms with Gasteiger partial charge in [0.25, 0.3) is 0 Å². The van der Waals surface area contributed by atoms with Crippen molar-refractivity contribution in [1.29, 1.82) is 0 Å². The molecule has 1 amide bonds. The first-order chi connectivity index (χ1) is 8.17. The zero-order valence-corrected chi connectivity index (χ0v) is 9.78. The molecule has 0 aliphatic carbocycles. The summed E-state index contributed by atoms with van der Waals surface area (Å²) in [5, 5.41) is 11.0. The summed E-state index contributed by atoms with van der Waals surface area (Å²) in [7, 11) is 0. The maximum atomic E-state index is 10.7. The van der Waals surface area contributed by atoms with E-state index >= 15 is 0 Å². The maximum Gasteiger partial charge on any atom is 0.405 e. The zero-order valence-electron chi connectivity index (χ0n) is 9.02. The van der Waals surface area contributed by atoms with Crippen molar-refractivity contribution in [3.63, 3.8) is 0 Å². The molecule has 0 aliphatic rings. The highest BCUT2D eigenvalue weighted by molar-refractivity contribution is 6.20. The number of carbonyl (C=O) groups excluding carboxylic acids is 1. The lowest BCUT2D eigenvalue weighted by atomic mass is 10.0. The maximum absolute atomic E-state index is 10.7. The third-order valence-corrected chi connectivity index (χ3v) is 2.56. The number of alkyl halides is 1. The molecule has 0 spiro atoms. The first kappa shape index (κ1) is 13.3. The van der Waals surface area contributed by atoms with Gasteiger partial charge in [0.05, 0.1) is 17.5 Å². The van der Waals surface area contributed by atoms with Crippen molar-refractivity contribution in [2.75, 3.05) is 5.88 Å². The second-order valence-corrected chi connectivity index (χ2v) is 3.72. The molecule has 0 saturated carbocycles. The number of carboxylic acid groups (broad SMARTS) is 1. The Hall–Kier alpha value is -1.77. The molecule has 1 aromatic carbocycles. The van der Waals surface area contributed by atoms with E-state index in [0.29, 0.717) is 6.42 Å². The predicted molar refractivity (Wildman–Crippen MR) is 65.0 cm³/mol. The Balaban J connectivity index is 2.84.